The van der Waals surface area contributed by atoms with E-state index in [4.69, 9.17) is 9.47 Å². The minimum Gasteiger partial charge on any atom is -0.379 e. The number of hydrogen-bond donors (Lipinski definition) is 0. The zero-order chi connectivity index (χ0) is 21.7. The number of carbonyl (C=O) groups excluding carboxylic acids is 2. The van der Waals surface area contributed by atoms with Crippen LogP contribution in [0.3, 0.4) is 0 Å². The van der Waals surface area contributed by atoms with Gasteiger partial charge < -0.3 is 19.1 Å². The van der Waals surface area contributed by atoms with Crippen molar-refractivity contribution in [1.82, 2.24) is 4.81 Å². The van der Waals surface area contributed by atoms with E-state index in [0.717, 1.165) is 30.4 Å². The molecule has 0 spiro atoms. The highest BCUT2D eigenvalue weighted by Gasteiger charge is 2.48. The van der Waals surface area contributed by atoms with Crippen molar-refractivity contribution < 1.29 is 19.1 Å². The molecule has 0 aromatic heterocycles. The maximum absolute atomic E-state index is 13.1. The van der Waals surface area contributed by atoms with Crippen LogP contribution in [0.2, 0.25) is 0 Å². The number of benzene rings is 2. The van der Waals surface area contributed by atoms with Crippen LogP contribution in [0.5, 0.6) is 0 Å². The Balaban J connectivity index is 1.43. The first-order valence-electron chi connectivity index (χ1n) is 11.1. The molecule has 3 atom stereocenters. The predicted octanol–water partition coefficient (Wildman–Crippen LogP) is 3.86. The SMILES string of the molecule is C[C@@]1(COC2CCCCO2)C[C@@H](Cc2ccc(-c3ccccc3)cc2)N([B]C=O)C1=O. The van der Waals surface area contributed by atoms with Gasteiger partial charge in [-0.1, -0.05) is 54.6 Å². The minimum atomic E-state index is -0.658. The lowest BCUT2D eigenvalue weighted by Gasteiger charge is -2.28. The summed E-state index contributed by atoms with van der Waals surface area (Å²) >= 11 is 0. The van der Waals surface area contributed by atoms with Crippen molar-refractivity contribution in [3.05, 3.63) is 60.2 Å². The van der Waals surface area contributed by atoms with Crippen molar-refractivity contribution in [2.24, 2.45) is 5.41 Å². The van der Waals surface area contributed by atoms with E-state index in [2.05, 4.69) is 36.4 Å². The Hall–Kier alpha value is -2.44. The van der Waals surface area contributed by atoms with Crippen LogP contribution in [0.1, 0.15) is 38.2 Å². The molecule has 31 heavy (non-hydrogen) atoms. The van der Waals surface area contributed by atoms with Crippen LogP contribution in [0.15, 0.2) is 54.6 Å². The molecule has 1 radical (unpaired) electrons. The number of ether oxygens (including phenoxy) is 2. The predicted molar refractivity (Wildman–Crippen MR) is 121 cm³/mol. The van der Waals surface area contributed by atoms with Gasteiger partial charge in [-0.3, -0.25) is 4.79 Å². The normalized spacial score (nSPS) is 26.1. The first kappa shape index (κ1) is 21.8. The lowest BCUT2D eigenvalue weighted by molar-refractivity contribution is -0.179. The molecule has 1 unspecified atom stereocenters. The van der Waals surface area contributed by atoms with Gasteiger partial charge in [-0.15, -0.1) is 0 Å². The van der Waals surface area contributed by atoms with E-state index in [1.807, 2.05) is 25.1 Å². The third-order valence-electron chi connectivity index (χ3n) is 6.31. The summed E-state index contributed by atoms with van der Waals surface area (Å²) in [6, 6.07) is 18.6. The molecule has 0 bridgehead atoms. The molecule has 2 aliphatic rings. The number of nitrogens with zero attached hydrogens (tertiary/aromatic N) is 1. The fourth-order valence-corrected chi connectivity index (χ4v) is 4.58. The maximum atomic E-state index is 13.1. The second-order valence-corrected chi connectivity index (χ2v) is 8.79. The molecule has 6 heteroatoms. The van der Waals surface area contributed by atoms with E-state index in [0.29, 0.717) is 32.2 Å². The number of rotatable bonds is 8. The minimum absolute atomic E-state index is 0.0543. The number of hydrogen-bond acceptors (Lipinski definition) is 4. The number of amides is 1. The van der Waals surface area contributed by atoms with Crippen molar-refractivity contribution in [3.63, 3.8) is 0 Å². The molecule has 4 rings (SSSR count). The largest absolute Gasteiger partial charge is 0.379 e. The highest BCUT2D eigenvalue weighted by molar-refractivity contribution is 6.66. The number of carbonyl (C=O) groups is 2. The van der Waals surface area contributed by atoms with Crippen molar-refractivity contribution >= 4 is 19.5 Å². The van der Waals surface area contributed by atoms with E-state index < -0.39 is 5.41 Å². The highest BCUT2D eigenvalue weighted by Crippen LogP contribution is 2.38. The molecule has 161 valence electrons. The smallest absolute Gasteiger partial charge is 0.331 e. The second kappa shape index (κ2) is 9.79. The Kier molecular flexibility index (Phi) is 6.88. The van der Waals surface area contributed by atoms with Crippen LogP contribution >= 0.6 is 0 Å². The van der Waals surface area contributed by atoms with Gasteiger partial charge in [0.1, 0.15) is 6.19 Å². The molecule has 2 aliphatic heterocycles. The molecule has 0 aliphatic carbocycles. The van der Waals surface area contributed by atoms with Crippen LogP contribution in [0.25, 0.3) is 11.1 Å². The van der Waals surface area contributed by atoms with E-state index >= 15 is 0 Å². The van der Waals surface area contributed by atoms with Gasteiger partial charge >= 0.3 is 7.41 Å². The summed E-state index contributed by atoms with van der Waals surface area (Å²) in [5, 5.41) is 0. The van der Waals surface area contributed by atoms with E-state index in [1.54, 1.807) is 4.81 Å². The van der Waals surface area contributed by atoms with Crippen LogP contribution in [0.4, 0.5) is 0 Å². The Morgan fingerprint density at radius 3 is 2.55 bits per heavy atom. The van der Waals surface area contributed by atoms with Crippen LogP contribution < -0.4 is 0 Å². The van der Waals surface area contributed by atoms with Gasteiger partial charge in [-0.05, 0) is 55.7 Å². The molecule has 1 amide bonds. The lowest BCUT2D eigenvalue weighted by Crippen LogP contribution is -2.42. The van der Waals surface area contributed by atoms with Crippen LogP contribution in [0, 0.1) is 5.41 Å². The molecule has 2 aromatic carbocycles. The molecular weight excluding hydrogens is 389 g/mol. The Morgan fingerprint density at radius 2 is 1.87 bits per heavy atom. The van der Waals surface area contributed by atoms with Gasteiger partial charge in [0, 0.05) is 12.6 Å². The average Bonchev–Trinajstić information content (AvgIpc) is 3.04. The zero-order valence-corrected chi connectivity index (χ0v) is 18.0. The van der Waals surface area contributed by atoms with Gasteiger partial charge in [-0.2, -0.15) is 0 Å². The average molecular weight is 418 g/mol. The second-order valence-electron chi connectivity index (χ2n) is 8.79. The fourth-order valence-electron chi connectivity index (χ4n) is 4.58. The summed E-state index contributed by atoms with van der Waals surface area (Å²) in [7, 11) is 1.37. The quantitative estimate of drug-likeness (QED) is 0.483. The van der Waals surface area contributed by atoms with Gasteiger partial charge in [0.05, 0.1) is 12.0 Å². The fraction of sp³-hybridized carbons (Fsp3) is 0.440. The topological polar surface area (TPSA) is 55.8 Å². The summed E-state index contributed by atoms with van der Waals surface area (Å²) in [5.41, 5.74) is 2.82. The summed E-state index contributed by atoms with van der Waals surface area (Å²) in [5.74, 6) is -0.0543. The molecule has 0 N–H and O–H groups in total. The van der Waals surface area contributed by atoms with Crippen LogP contribution in [-0.4, -0.2) is 49.9 Å². The monoisotopic (exact) mass is 418 g/mol. The maximum Gasteiger partial charge on any atom is 0.331 e. The van der Waals surface area contributed by atoms with Crippen LogP contribution in [-0.2, 0) is 25.5 Å². The third kappa shape index (κ3) is 5.08. The van der Waals surface area contributed by atoms with Crippen molar-refractivity contribution in [2.45, 2.75) is 51.4 Å². The van der Waals surface area contributed by atoms with Crippen molar-refractivity contribution in [3.8, 4) is 11.1 Å². The van der Waals surface area contributed by atoms with E-state index in [-0.39, 0.29) is 18.2 Å². The molecule has 2 fully saturated rings. The first-order valence-corrected chi connectivity index (χ1v) is 11.1. The summed E-state index contributed by atoms with van der Waals surface area (Å²) in [6.07, 6.45) is 4.81. The Bertz CT molecular complexity index is 882. The summed E-state index contributed by atoms with van der Waals surface area (Å²) in [6.45, 7) is 2.95. The van der Waals surface area contributed by atoms with Crippen molar-refractivity contribution in [1.29, 1.82) is 0 Å². The summed E-state index contributed by atoms with van der Waals surface area (Å²) < 4.78 is 11.6. The van der Waals surface area contributed by atoms with E-state index in [1.165, 1.54) is 13.0 Å². The van der Waals surface area contributed by atoms with Gasteiger partial charge in [0.15, 0.2) is 6.29 Å². The molecule has 2 aromatic rings. The molecule has 5 nitrogen and oxygen atoms in total. The van der Waals surface area contributed by atoms with Crippen molar-refractivity contribution in [2.75, 3.05) is 13.2 Å². The van der Waals surface area contributed by atoms with Gasteiger partial charge in [0.2, 0.25) is 5.91 Å². The Morgan fingerprint density at radius 1 is 1.13 bits per heavy atom. The lowest BCUT2D eigenvalue weighted by atomic mass is 9.86. The third-order valence-corrected chi connectivity index (χ3v) is 6.31. The van der Waals surface area contributed by atoms with Gasteiger partial charge in [-0.25, -0.2) is 0 Å². The molecular formula is C25H29BNO4. The summed E-state index contributed by atoms with van der Waals surface area (Å²) in [4.78, 5) is 26.0. The van der Waals surface area contributed by atoms with E-state index in [9.17, 15) is 9.59 Å². The molecule has 0 saturated carbocycles. The molecule has 2 saturated heterocycles. The van der Waals surface area contributed by atoms with Gasteiger partial charge in [0.25, 0.3) is 0 Å². The zero-order valence-electron chi connectivity index (χ0n) is 18.0. The molecule has 2 heterocycles. The Labute approximate surface area is 185 Å². The standard InChI is InChI=1S/C25H29BNO4/c1-25(17-31-23-9-5-6-14-30-23)16-22(27(24(25)29)26-18-28)15-19-10-12-21(13-11-19)20-7-3-2-4-8-20/h2-4,7-8,10-13,18,22-23H,5-6,9,14-17H2,1H3/t22-,23?,25+/m1/s1. The first-order chi connectivity index (χ1) is 15.1. The highest BCUT2D eigenvalue weighted by atomic mass is 16.7.